The van der Waals surface area contributed by atoms with Crippen molar-refractivity contribution in [3.05, 3.63) is 66.2 Å². The van der Waals surface area contributed by atoms with Crippen LogP contribution in [0.5, 0.6) is 0 Å². The summed E-state index contributed by atoms with van der Waals surface area (Å²) in [5, 5.41) is 0. The van der Waals surface area contributed by atoms with Crippen molar-refractivity contribution >= 4 is 17.9 Å². The summed E-state index contributed by atoms with van der Waals surface area (Å²) in [6.07, 6.45) is 8.61. The lowest BCUT2D eigenvalue weighted by molar-refractivity contribution is -0.123. The number of piperidine rings is 1. The molecule has 2 atom stereocenters. The van der Waals surface area contributed by atoms with Gasteiger partial charge in [0.05, 0.1) is 6.34 Å². The van der Waals surface area contributed by atoms with E-state index in [0.29, 0.717) is 12.0 Å². The molecule has 2 fully saturated rings. The second-order valence-corrected chi connectivity index (χ2v) is 8.69. The van der Waals surface area contributed by atoms with Gasteiger partial charge in [-0.25, -0.2) is 4.99 Å². The molecule has 2 aliphatic heterocycles. The Morgan fingerprint density at radius 3 is 2.24 bits per heavy atom. The smallest absolute Gasteiger partial charge is 0.273 e. The van der Waals surface area contributed by atoms with Crippen LogP contribution in [0, 0.1) is 0 Å². The lowest BCUT2D eigenvalue weighted by atomic mass is 9.77. The molecule has 0 radical (unpaired) electrons. The highest BCUT2D eigenvalue weighted by Gasteiger charge is 2.50. The van der Waals surface area contributed by atoms with E-state index in [1.165, 1.54) is 31.2 Å². The van der Waals surface area contributed by atoms with Crippen molar-refractivity contribution in [1.82, 2.24) is 4.90 Å². The first-order valence-corrected chi connectivity index (χ1v) is 11.0. The summed E-state index contributed by atoms with van der Waals surface area (Å²) < 4.78 is 0. The molecular weight excluding hydrogens is 358 g/mol. The molecule has 1 aliphatic carbocycles. The van der Waals surface area contributed by atoms with Crippen molar-refractivity contribution in [1.29, 1.82) is 0 Å². The number of amides is 1. The SMILES string of the molecule is O=C1N=CN(c2ccccc2)C12CCN([C@@H]1CCCC[C@H]1c1ccccc1)CC2. The molecular formula is C25H29N3O. The Morgan fingerprint density at radius 1 is 0.862 bits per heavy atom. The zero-order valence-electron chi connectivity index (χ0n) is 16.9. The Kier molecular flexibility index (Phi) is 4.96. The lowest BCUT2D eigenvalue weighted by Gasteiger charge is -2.48. The number of para-hydroxylation sites is 1. The predicted octanol–water partition coefficient (Wildman–Crippen LogP) is 4.62. The summed E-state index contributed by atoms with van der Waals surface area (Å²) in [5.41, 5.74) is 2.05. The van der Waals surface area contributed by atoms with Gasteiger partial charge in [0.2, 0.25) is 0 Å². The molecule has 3 aliphatic rings. The van der Waals surface area contributed by atoms with Crippen molar-refractivity contribution < 1.29 is 4.79 Å². The maximum absolute atomic E-state index is 12.8. The third-order valence-electron chi connectivity index (χ3n) is 7.24. The summed E-state index contributed by atoms with van der Waals surface area (Å²) in [4.78, 5) is 21.9. The van der Waals surface area contributed by atoms with Gasteiger partial charge in [0.25, 0.3) is 5.91 Å². The van der Waals surface area contributed by atoms with Crippen LogP contribution in [0.2, 0.25) is 0 Å². The topological polar surface area (TPSA) is 35.9 Å². The second-order valence-electron chi connectivity index (χ2n) is 8.69. The van der Waals surface area contributed by atoms with Crippen LogP contribution < -0.4 is 4.90 Å². The van der Waals surface area contributed by atoms with E-state index in [4.69, 9.17) is 0 Å². The van der Waals surface area contributed by atoms with Gasteiger partial charge in [0.1, 0.15) is 5.54 Å². The van der Waals surface area contributed by atoms with Crippen LogP contribution in [0.1, 0.15) is 50.0 Å². The highest BCUT2D eigenvalue weighted by atomic mass is 16.2. The maximum atomic E-state index is 12.8. The molecule has 29 heavy (non-hydrogen) atoms. The number of anilines is 1. The van der Waals surface area contributed by atoms with E-state index in [9.17, 15) is 4.79 Å². The molecule has 1 amide bonds. The molecule has 2 aromatic carbocycles. The number of aliphatic imine (C=N–C) groups is 1. The fraction of sp³-hybridized carbons (Fsp3) is 0.440. The van der Waals surface area contributed by atoms with Gasteiger partial charge in [-0.1, -0.05) is 61.4 Å². The van der Waals surface area contributed by atoms with Crippen molar-refractivity contribution in [2.45, 2.75) is 56.0 Å². The van der Waals surface area contributed by atoms with Gasteiger partial charge in [-0.3, -0.25) is 9.69 Å². The number of benzene rings is 2. The van der Waals surface area contributed by atoms with Gasteiger partial charge in [-0.2, -0.15) is 0 Å². The molecule has 0 N–H and O–H groups in total. The van der Waals surface area contributed by atoms with Gasteiger partial charge >= 0.3 is 0 Å². The summed E-state index contributed by atoms with van der Waals surface area (Å²) in [6.45, 7) is 1.93. The second kappa shape index (κ2) is 7.75. The van der Waals surface area contributed by atoms with Crippen molar-refractivity contribution in [2.24, 2.45) is 4.99 Å². The minimum Gasteiger partial charge on any atom is -0.317 e. The van der Waals surface area contributed by atoms with Gasteiger partial charge in [0, 0.05) is 24.8 Å². The minimum atomic E-state index is -0.491. The Morgan fingerprint density at radius 2 is 1.52 bits per heavy atom. The molecule has 1 saturated carbocycles. The molecule has 4 heteroatoms. The average molecular weight is 388 g/mol. The summed E-state index contributed by atoms with van der Waals surface area (Å²) in [5.74, 6) is 0.643. The molecule has 150 valence electrons. The van der Waals surface area contributed by atoms with Crippen LogP contribution in [0.25, 0.3) is 0 Å². The zero-order valence-corrected chi connectivity index (χ0v) is 16.9. The lowest BCUT2D eigenvalue weighted by Crippen LogP contribution is -2.58. The number of hydrogen-bond donors (Lipinski definition) is 0. The average Bonchev–Trinajstić information content (AvgIpc) is 3.11. The highest BCUT2D eigenvalue weighted by molar-refractivity contribution is 6.08. The number of carbonyl (C=O) groups excluding carboxylic acids is 1. The standard InChI is InChI=1S/C25H29N3O/c29-24-25(28(19-26-24)21-11-5-2-6-12-21)15-17-27(18-16-25)23-14-8-7-13-22(23)20-9-3-1-4-10-20/h1-6,9-12,19,22-23H,7-8,13-18H2/t22-,23+/m0/s1. The van der Waals surface area contributed by atoms with Crippen molar-refractivity contribution in [2.75, 3.05) is 18.0 Å². The molecule has 2 heterocycles. The van der Waals surface area contributed by atoms with Gasteiger partial charge in [-0.15, -0.1) is 0 Å². The molecule has 0 bridgehead atoms. The molecule has 1 spiro atoms. The molecule has 4 nitrogen and oxygen atoms in total. The molecule has 1 saturated heterocycles. The fourth-order valence-electron chi connectivity index (χ4n) is 5.66. The minimum absolute atomic E-state index is 0.0317. The van der Waals surface area contributed by atoms with Gasteiger partial charge in [0.15, 0.2) is 0 Å². The quantitative estimate of drug-likeness (QED) is 0.771. The molecule has 0 aromatic heterocycles. The molecule has 0 unspecified atom stereocenters. The third-order valence-corrected chi connectivity index (χ3v) is 7.24. The van der Waals surface area contributed by atoms with Crippen LogP contribution in [0.4, 0.5) is 5.69 Å². The van der Waals surface area contributed by atoms with Gasteiger partial charge < -0.3 is 4.90 Å². The summed E-state index contributed by atoms with van der Waals surface area (Å²) in [7, 11) is 0. The van der Waals surface area contributed by atoms with Gasteiger partial charge in [-0.05, 0) is 49.3 Å². The Balaban J connectivity index is 1.34. The van der Waals surface area contributed by atoms with E-state index < -0.39 is 5.54 Å². The van der Waals surface area contributed by atoms with E-state index >= 15 is 0 Å². The van der Waals surface area contributed by atoms with Crippen LogP contribution in [-0.4, -0.2) is 41.8 Å². The normalized spacial score (nSPS) is 26.9. The Labute approximate surface area is 173 Å². The summed E-state index contributed by atoms with van der Waals surface area (Å²) >= 11 is 0. The Hall–Kier alpha value is -2.46. The number of rotatable bonds is 3. The summed E-state index contributed by atoms with van der Waals surface area (Å²) in [6, 6.07) is 21.8. The van der Waals surface area contributed by atoms with E-state index in [-0.39, 0.29) is 5.91 Å². The number of likely N-dealkylation sites (tertiary alicyclic amines) is 1. The van der Waals surface area contributed by atoms with Crippen molar-refractivity contribution in [3.8, 4) is 0 Å². The highest BCUT2D eigenvalue weighted by Crippen LogP contribution is 2.41. The predicted molar refractivity (Wildman–Crippen MR) is 117 cm³/mol. The van der Waals surface area contributed by atoms with Crippen LogP contribution >= 0.6 is 0 Å². The zero-order chi connectivity index (χ0) is 19.7. The fourth-order valence-corrected chi connectivity index (χ4v) is 5.66. The van der Waals surface area contributed by atoms with E-state index in [1.54, 1.807) is 6.34 Å². The first-order valence-electron chi connectivity index (χ1n) is 11.0. The molecule has 2 aromatic rings. The van der Waals surface area contributed by atoms with Crippen LogP contribution in [-0.2, 0) is 4.79 Å². The van der Waals surface area contributed by atoms with Crippen LogP contribution in [0.3, 0.4) is 0 Å². The number of carbonyl (C=O) groups is 1. The van der Waals surface area contributed by atoms with E-state index in [1.807, 2.05) is 18.2 Å². The van der Waals surface area contributed by atoms with Crippen molar-refractivity contribution in [3.63, 3.8) is 0 Å². The first kappa shape index (κ1) is 18.6. The third kappa shape index (κ3) is 3.29. The maximum Gasteiger partial charge on any atom is 0.273 e. The van der Waals surface area contributed by atoms with Crippen LogP contribution in [0.15, 0.2) is 65.7 Å². The number of hydrogen-bond acceptors (Lipinski definition) is 3. The molecule has 5 rings (SSSR count). The Bertz CT molecular complexity index is 871. The first-order chi connectivity index (χ1) is 14.3. The monoisotopic (exact) mass is 387 g/mol. The largest absolute Gasteiger partial charge is 0.317 e. The van der Waals surface area contributed by atoms with E-state index in [2.05, 4.69) is 57.3 Å². The van der Waals surface area contributed by atoms with E-state index in [0.717, 1.165) is 31.6 Å². The number of nitrogens with zero attached hydrogens (tertiary/aromatic N) is 3.